The Morgan fingerprint density at radius 2 is 1.86 bits per heavy atom. The Morgan fingerprint density at radius 1 is 1.00 bits per heavy atom. The lowest BCUT2D eigenvalue weighted by molar-refractivity contribution is 0.404. The summed E-state index contributed by atoms with van der Waals surface area (Å²) >= 11 is 0. The summed E-state index contributed by atoms with van der Waals surface area (Å²) in [5, 5.41) is 12.9. The van der Waals surface area contributed by atoms with Crippen LogP contribution in [0.2, 0.25) is 0 Å². The number of nitrogens with zero attached hydrogens (tertiary/aromatic N) is 5. The van der Waals surface area contributed by atoms with Crippen LogP contribution in [0.5, 0.6) is 0 Å². The minimum atomic E-state index is 0.340. The number of anilines is 1. The maximum atomic E-state index is 9.42. The lowest BCUT2D eigenvalue weighted by Gasteiger charge is -2.34. The van der Waals surface area contributed by atoms with Crippen LogP contribution in [-0.2, 0) is 6.42 Å². The first-order chi connectivity index (χ1) is 17.3. The van der Waals surface area contributed by atoms with E-state index in [-0.39, 0.29) is 0 Å². The Morgan fingerprint density at radius 3 is 2.63 bits per heavy atom. The maximum Gasteiger partial charge on any atom is 0.143 e. The van der Waals surface area contributed by atoms with Gasteiger partial charge in [-0.3, -0.25) is 4.98 Å². The number of aromatic nitrogens is 3. The number of benzene rings is 2. The second kappa shape index (κ2) is 9.52. The molecule has 4 heterocycles. The zero-order valence-corrected chi connectivity index (χ0v) is 19.9. The number of fused-ring (bicyclic) bond motifs is 1. The third kappa shape index (κ3) is 4.28. The average molecular weight is 463 g/mol. The van der Waals surface area contributed by atoms with Crippen LogP contribution < -0.4 is 10.2 Å². The molecule has 176 valence electrons. The zero-order chi connectivity index (χ0) is 23.6. The second-order valence-corrected chi connectivity index (χ2v) is 9.79. The highest BCUT2D eigenvalue weighted by molar-refractivity contribution is 5.92. The van der Waals surface area contributed by atoms with Gasteiger partial charge in [-0.2, -0.15) is 5.26 Å². The molecule has 0 radical (unpaired) electrons. The zero-order valence-electron chi connectivity index (χ0n) is 19.9. The first-order valence-corrected chi connectivity index (χ1v) is 12.7. The third-order valence-corrected chi connectivity index (χ3v) is 7.55. The molecule has 2 saturated heterocycles. The molecule has 6 nitrogen and oxygen atoms in total. The monoisotopic (exact) mass is 462 g/mol. The van der Waals surface area contributed by atoms with E-state index in [2.05, 4.69) is 74.4 Å². The lowest BCUT2D eigenvalue weighted by Crippen LogP contribution is -2.34. The van der Waals surface area contributed by atoms with E-state index in [0.717, 1.165) is 61.8 Å². The first kappa shape index (κ1) is 21.8. The number of hydrogen-bond donors (Lipinski definition) is 1. The summed E-state index contributed by atoms with van der Waals surface area (Å²) in [5.74, 6) is 1.63. The van der Waals surface area contributed by atoms with Crippen molar-refractivity contribution < 1.29 is 0 Å². The number of piperidine rings is 1. The van der Waals surface area contributed by atoms with Crippen molar-refractivity contribution in [2.45, 2.75) is 31.7 Å². The molecule has 0 amide bonds. The van der Waals surface area contributed by atoms with Crippen molar-refractivity contribution in [1.82, 2.24) is 19.9 Å². The number of nitrogens with one attached hydrogen (secondary N) is 1. The van der Waals surface area contributed by atoms with Gasteiger partial charge in [0.25, 0.3) is 0 Å². The smallest absolute Gasteiger partial charge is 0.143 e. The van der Waals surface area contributed by atoms with E-state index in [1.165, 1.54) is 29.6 Å². The van der Waals surface area contributed by atoms with Crippen LogP contribution in [0.4, 0.5) is 5.69 Å². The molecular weight excluding hydrogens is 432 g/mol. The molecule has 35 heavy (non-hydrogen) atoms. The topological polar surface area (TPSA) is 69.8 Å². The minimum absolute atomic E-state index is 0.340. The maximum absolute atomic E-state index is 9.42. The molecule has 4 aromatic rings. The number of hydrogen-bond acceptors (Lipinski definition) is 5. The van der Waals surface area contributed by atoms with Crippen LogP contribution in [-0.4, -0.2) is 40.7 Å². The fourth-order valence-corrected chi connectivity index (χ4v) is 5.74. The Kier molecular flexibility index (Phi) is 5.93. The van der Waals surface area contributed by atoms with Crippen molar-refractivity contribution in [2.24, 2.45) is 5.92 Å². The molecule has 0 bridgehead atoms. The van der Waals surface area contributed by atoms with E-state index in [0.29, 0.717) is 11.6 Å². The number of para-hydroxylation sites is 1. The van der Waals surface area contributed by atoms with Crippen molar-refractivity contribution in [1.29, 1.82) is 5.26 Å². The van der Waals surface area contributed by atoms with Crippen molar-refractivity contribution in [3.63, 3.8) is 0 Å². The Hall–Kier alpha value is -3.69. The van der Waals surface area contributed by atoms with Crippen molar-refractivity contribution >= 4 is 16.7 Å². The standard InChI is InChI=1S/C29H30N6/c30-17-23-16-24(19-32-18-23)29-33-28-26(7-4-8-27(28)35(29)25-9-12-31-20-25)34-13-10-22(11-14-34)15-21-5-2-1-3-6-21/h1-8,16,18-19,22,25,31H,9-15,20H2. The predicted molar refractivity (Wildman–Crippen MR) is 139 cm³/mol. The number of pyridine rings is 1. The summed E-state index contributed by atoms with van der Waals surface area (Å²) < 4.78 is 2.37. The van der Waals surface area contributed by atoms with Gasteiger partial charge in [0.15, 0.2) is 0 Å². The Labute approximate surface area is 206 Å². The summed E-state index contributed by atoms with van der Waals surface area (Å²) in [6.45, 7) is 4.04. The summed E-state index contributed by atoms with van der Waals surface area (Å²) in [4.78, 5) is 12.0. The molecule has 0 aliphatic carbocycles. The lowest BCUT2D eigenvalue weighted by atomic mass is 9.90. The van der Waals surface area contributed by atoms with Gasteiger partial charge < -0.3 is 14.8 Å². The highest BCUT2D eigenvalue weighted by atomic mass is 15.2. The number of imidazole rings is 1. The molecule has 1 unspecified atom stereocenters. The quantitative estimate of drug-likeness (QED) is 0.454. The van der Waals surface area contributed by atoms with Crippen LogP contribution >= 0.6 is 0 Å². The molecule has 1 atom stereocenters. The normalized spacial score (nSPS) is 18.7. The highest BCUT2D eigenvalue weighted by Gasteiger charge is 2.27. The van der Waals surface area contributed by atoms with Crippen LogP contribution in [0, 0.1) is 17.2 Å². The van der Waals surface area contributed by atoms with Crippen molar-refractivity contribution in [3.05, 3.63) is 78.1 Å². The van der Waals surface area contributed by atoms with Gasteiger partial charge in [-0.25, -0.2) is 4.98 Å². The first-order valence-electron chi connectivity index (χ1n) is 12.7. The summed E-state index contributed by atoms with van der Waals surface area (Å²) in [5.41, 5.74) is 6.34. The molecule has 0 spiro atoms. The molecule has 2 aromatic heterocycles. The molecule has 6 rings (SSSR count). The summed E-state index contributed by atoms with van der Waals surface area (Å²) in [6, 6.07) is 21.9. The number of rotatable bonds is 5. The van der Waals surface area contributed by atoms with Gasteiger partial charge in [0, 0.05) is 43.6 Å². The van der Waals surface area contributed by atoms with E-state index < -0.39 is 0 Å². The molecule has 2 aliphatic rings. The molecule has 2 aromatic carbocycles. The average Bonchev–Trinajstić information content (AvgIpc) is 3.58. The van der Waals surface area contributed by atoms with E-state index in [4.69, 9.17) is 4.98 Å². The van der Waals surface area contributed by atoms with E-state index in [1.54, 1.807) is 6.20 Å². The van der Waals surface area contributed by atoms with E-state index >= 15 is 0 Å². The summed E-state index contributed by atoms with van der Waals surface area (Å²) in [7, 11) is 0. The minimum Gasteiger partial charge on any atom is -0.370 e. The van der Waals surface area contributed by atoms with Gasteiger partial charge >= 0.3 is 0 Å². The fraction of sp³-hybridized carbons (Fsp3) is 0.345. The van der Waals surface area contributed by atoms with Crippen LogP contribution in [0.15, 0.2) is 67.0 Å². The predicted octanol–water partition coefficient (Wildman–Crippen LogP) is 4.96. The van der Waals surface area contributed by atoms with Crippen molar-refractivity contribution in [3.8, 4) is 17.5 Å². The number of nitriles is 1. The van der Waals surface area contributed by atoms with Crippen molar-refractivity contribution in [2.75, 3.05) is 31.1 Å². The van der Waals surface area contributed by atoms with Gasteiger partial charge in [0.1, 0.15) is 17.4 Å². The second-order valence-electron chi connectivity index (χ2n) is 9.79. The molecule has 0 saturated carbocycles. The van der Waals surface area contributed by atoms with Crippen LogP contribution in [0.25, 0.3) is 22.4 Å². The molecule has 2 fully saturated rings. The van der Waals surface area contributed by atoms with Crippen LogP contribution in [0.3, 0.4) is 0 Å². The van der Waals surface area contributed by atoms with E-state index in [9.17, 15) is 5.26 Å². The molecule has 2 aliphatic heterocycles. The van der Waals surface area contributed by atoms with Gasteiger partial charge in [-0.15, -0.1) is 0 Å². The van der Waals surface area contributed by atoms with Gasteiger partial charge in [-0.1, -0.05) is 36.4 Å². The van der Waals surface area contributed by atoms with Crippen LogP contribution in [0.1, 0.15) is 36.4 Å². The highest BCUT2D eigenvalue weighted by Crippen LogP contribution is 2.36. The fourth-order valence-electron chi connectivity index (χ4n) is 5.74. The van der Waals surface area contributed by atoms with Gasteiger partial charge in [0.2, 0.25) is 0 Å². The summed E-state index contributed by atoms with van der Waals surface area (Å²) in [6.07, 6.45) is 8.06. The third-order valence-electron chi connectivity index (χ3n) is 7.55. The Balaban J connectivity index is 1.34. The molecule has 1 N–H and O–H groups in total. The van der Waals surface area contributed by atoms with Gasteiger partial charge in [0.05, 0.1) is 16.8 Å². The van der Waals surface area contributed by atoms with E-state index in [1.807, 2.05) is 12.3 Å². The molecular formula is C29H30N6. The van der Waals surface area contributed by atoms with Gasteiger partial charge in [-0.05, 0) is 61.9 Å². The molecule has 6 heteroatoms. The Bertz CT molecular complexity index is 1360. The largest absolute Gasteiger partial charge is 0.370 e. The SMILES string of the molecule is N#Cc1cncc(-c2nc3c(N4CCC(Cc5ccccc5)CC4)cccc3n2C2CCNC2)c1.